The molecule has 0 saturated carbocycles. The average molecular weight is 264 g/mol. The van der Waals surface area contributed by atoms with Gasteiger partial charge in [-0.1, -0.05) is 11.6 Å². The molecule has 0 bridgehead atoms. The number of anilines is 1. The van der Waals surface area contributed by atoms with Crippen LogP contribution in [0.2, 0.25) is 5.02 Å². The van der Waals surface area contributed by atoms with Gasteiger partial charge in [0.25, 0.3) is 0 Å². The summed E-state index contributed by atoms with van der Waals surface area (Å²) in [7, 11) is 0. The van der Waals surface area contributed by atoms with Gasteiger partial charge in [0.2, 0.25) is 0 Å². The molecule has 0 aliphatic carbocycles. The first-order chi connectivity index (χ1) is 8.19. The summed E-state index contributed by atoms with van der Waals surface area (Å²) in [6.45, 7) is 2.58. The van der Waals surface area contributed by atoms with Crippen molar-refractivity contribution in [2.24, 2.45) is 0 Å². The van der Waals surface area contributed by atoms with Crippen molar-refractivity contribution in [1.82, 2.24) is 4.98 Å². The molecule has 0 radical (unpaired) electrons. The summed E-state index contributed by atoms with van der Waals surface area (Å²) in [5, 5.41) is 15.7. The van der Waals surface area contributed by atoms with Crippen LogP contribution in [-0.2, 0) is 6.54 Å². The van der Waals surface area contributed by atoms with E-state index in [1.165, 1.54) is 0 Å². The number of halogens is 1. The second kappa shape index (κ2) is 5.17. The molecule has 5 heteroatoms. The first-order valence-corrected chi connectivity index (χ1v) is 6.29. The zero-order valence-corrected chi connectivity index (χ0v) is 10.8. The largest absolute Gasteiger partial charge is 0.377 e. The summed E-state index contributed by atoms with van der Waals surface area (Å²) in [5.74, 6) is 0. The number of nitriles is 1. The number of rotatable bonds is 3. The van der Waals surface area contributed by atoms with Crippen LogP contribution in [-0.4, -0.2) is 4.98 Å². The van der Waals surface area contributed by atoms with Crippen LogP contribution in [0.1, 0.15) is 16.3 Å². The van der Waals surface area contributed by atoms with Crippen molar-refractivity contribution < 1.29 is 0 Å². The second-order valence-corrected chi connectivity index (χ2v) is 4.92. The normalized spacial score (nSPS) is 9.94. The molecule has 2 rings (SSSR count). The third-order valence-electron chi connectivity index (χ3n) is 2.20. The Kier molecular flexibility index (Phi) is 3.62. The minimum Gasteiger partial charge on any atom is -0.377 e. The number of nitrogens with zero attached hydrogens (tertiary/aromatic N) is 2. The summed E-state index contributed by atoms with van der Waals surface area (Å²) < 4.78 is 0. The highest BCUT2D eigenvalue weighted by atomic mass is 35.5. The zero-order valence-electron chi connectivity index (χ0n) is 9.20. The maximum Gasteiger partial charge on any atom is 0.112 e. The first kappa shape index (κ1) is 11.9. The quantitative estimate of drug-likeness (QED) is 0.921. The molecule has 0 spiro atoms. The lowest BCUT2D eigenvalue weighted by atomic mass is 10.2. The number of hydrogen-bond donors (Lipinski definition) is 1. The van der Waals surface area contributed by atoms with Gasteiger partial charge in [-0.15, -0.1) is 11.3 Å². The van der Waals surface area contributed by atoms with E-state index in [1.54, 1.807) is 29.5 Å². The molecule has 17 heavy (non-hydrogen) atoms. The lowest BCUT2D eigenvalue weighted by Gasteiger charge is -2.06. The van der Waals surface area contributed by atoms with Crippen molar-refractivity contribution in [3.63, 3.8) is 0 Å². The summed E-state index contributed by atoms with van der Waals surface area (Å²) in [6.07, 6.45) is 0. The SMILES string of the molecule is Cc1csc(CNc2ccc(Cl)cc2C#N)n1. The molecular weight excluding hydrogens is 254 g/mol. The minimum absolute atomic E-state index is 0.547. The van der Waals surface area contributed by atoms with E-state index >= 15 is 0 Å². The molecule has 1 aromatic carbocycles. The fraction of sp³-hybridized carbons (Fsp3) is 0.167. The van der Waals surface area contributed by atoms with Crippen LogP contribution in [0.5, 0.6) is 0 Å². The fourth-order valence-electron chi connectivity index (χ4n) is 1.42. The highest BCUT2D eigenvalue weighted by Crippen LogP contribution is 2.21. The van der Waals surface area contributed by atoms with Crippen LogP contribution in [0.3, 0.4) is 0 Å². The van der Waals surface area contributed by atoms with E-state index in [0.717, 1.165) is 16.4 Å². The Morgan fingerprint density at radius 2 is 2.35 bits per heavy atom. The van der Waals surface area contributed by atoms with E-state index in [1.807, 2.05) is 12.3 Å². The monoisotopic (exact) mass is 263 g/mol. The molecule has 2 aromatic rings. The summed E-state index contributed by atoms with van der Waals surface area (Å²) in [4.78, 5) is 4.35. The van der Waals surface area contributed by atoms with Crippen LogP contribution in [0, 0.1) is 18.3 Å². The molecule has 0 atom stereocenters. The minimum atomic E-state index is 0.547. The van der Waals surface area contributed by atoms with E-state index in [-0.39, 0.29) is 0 Å². The molecule has 1 aromatic heterocycles. The van der Waals surface area contributed by atoms with Gasteiger partial charge in [-0.25, -0.2) is 4.98 Å². The van der Waals surface area contributed by atoms with Gasteiger partial charge in [0.1, 0.15) is 11.1 Å². The average Bonchev–Trinajstić information content (AvgIpc) is 2.73. The van der Waals surface area contributed by atoms with Gasteiger partial charge in [0.05, 0.1) is 17.8 Å². The topological polar surface area (TPSA) is 48.7 Å². The van der Waals surface area contributed by atoms with E-state index in [2.05, 4.69) is 16.4 Å². The first-order valence-electron chi connectivity index (χ1n) is 5.03. The van der Waals surface area contributed by atoms with E-state index < -0.39 is 0 Å². The van der Waals surface area contributed by atoms with Gasteiger partial charge >= 0.3 is 0 Å². The molecule has 1 heterocycles. The third kappa shape index (κ3) is 2.96. The molecule has 1 N–H and O–H groups in total. The van der Waals surface area contributed by atoms with Gasteiger partial charge < -0.3 is 5.32 Å². The fourth-order valence-corrected chi connectivity index (χ4v) is 2.30. The highest BCUT2D eigenvalue weighted by molar-refractivity contribution is 7.09. The Hall–Kier alpha value is -1.57. The number of nitrogens with one attached hydrogen (secondary N) is 1. The standard InChI is InChI=1S/C12H10ClN3S/c1-8-7-17-12(16-8)6-15-11-3-2-10(13)4-9(11)5-14/h2-4,7,15H,6H2,1H3. The zero-order chi connectivity index (χ0) is 12.3. The smallest absolute Gasteiger partial charge is 0.112 e. The van der Waals surface area contributed by atoms with Crippen LogP contribution in [0.4, 0.5) is 5.69 Å². The van der Waals surface area contributed by atoms with Gasteiger partial charge in [0, 0.05) is 16.1 Å². The lowest BCUT2D eigenvalue weighted by Crippen LogP contribution is -2.00. The van der Waals surface area contributed by atoms with Crippen molar-refractivity contribution in [3.05, 3.63) is 44.9 Å². The predicted octanol–water partition coefficient (Wildman–Crippen LogP) is 3.59. The van der Waals surface area contributed by atoms with Crippen LogP contribution < -0.4 is 5.32 Å². The molecule has 0 aliphatic rings. The van der Waals surface area contributed by atoms with Gasteiger partial charge in [0.15, 0.2) is 0 Å². The van der Waals surface area contributed by atoms with Gasteiger partial charge in [-0.3, -0.25) is 0 Å². The molecule has 0 aliphatic heterocycles. The van der Waals surface area contributed by atoms with Gasteiger partial charge in [-0.2, -0.15) is 5.26 Å². The van der Waals surface area contributed by atoms with E-state index in [0.29, 0.717) is 17.1 Å². The number of aryl methyl sites for hydroxylation is 1. The summed E-state index contributed by atoms with van der Waals surface area (Å²) in [6, 6.07) is 7.33. The van der Waals surface area contributed by atoms with E-state index in [9.17, 15) is 0 Å². The Balaban J connectivity index is 2.12. The summed E-state index contributed by atoms with van der Waals surface area (Å²) >= 11 is 7.43. The maximum absolute atomic E-state index is 8.98. The Labute approximate surface area is 109 Å². The number of hydrogen-bond acceptors (Lipinski definition) is 4. The van der Waals surface area contributed by atoms with Crippen molar-refractivity contribution in [2.75, 3.05) is 5.32 Å². The number of benzene rings is 1. The molecule has 0 saturated heterocycles. The molecule has 0 amide bonds. The summed E-state index contributed by atoms with van der Waals surface area (Å²) in [5.41, 5.74) is 2.35. The number of aromatic nitrogens is 1. The predicted molar refractivity (Wildman–Crippen MR) is 70.3 cm³/mol. The van der Waals surface area contributed by atoms with Crippen molar-refractivity contribution in [1.29, 1.82) is 5.26 Å². The van der Waals surface area contributed by atoms with E-state index in [4.69, 9.17) is 16.9 Å². The molecule has 0 unspecified atom stereocenters. The van der Waals surface area contributed by atoms with Crippen molar-refractivity contribution in [2.45, 2.75) is 13.5 Å². The van der Waals surface area contributed by atoms with Crippen LogP contribution in [0.25, 0.3) is 0 Å². The molecule has 86 valence electrons. The molecule has 3 nitrogen and oxygen atoms in total. The Morgan fingerprint density at radius 1 is 1.53 bits per heavy atom. The van der Waals surface area contributed by atoms with Crippen LogP contribution in [0.15, 0.2) is 23.6 Å². The number of thiazole rings is 1. The highest BCUT2D eigenvalue weighted by Gasteiger charge is 2.04. The third-order valence-corrected chi connectivity index (χ3v) is 3.40. The Bertz CT molecular complexity index is 571. The second-order valence-electron chi connectivity index (χ2n) is 3.54. The maximum atomic E-state index is 8.98. The van der Waals surface area contributed by atoms with Crippen molar-refractivity contribution >= 4 is 28.6 Å². The molecular formula is C12H10ClN3S. The van der Waals surface area contributed by atoms with Crippen molar-refractivity contribution in [3.8, 4) is 6.07 Å². The Morgan fingerprint density at radius 3 is 3.00 bits per heavy atom. The lowest BCUT2D eigenvalue weighted by molar-refractivity contribution is 1.07. The molecule has 0 fully saturated rings. The van der Waals surface area contributed by atoms with Crippen LogP contribution >= 0.6 is 22.9 Å². The van der Waals surface area contributed by atoms with Gasteiger partial charge in [-0.05, 0) is 25.1 Å².